The van der Waals surface area contributed by atoms with Crippen LogP contribution >= 0.6 is 11.3 Å². The molecule has 0 radical (unpaired) electrons. The van der Waals surface area contributed by atoms with Gasteiger partial charge in [-0.25, -0.2) is 4.98 Å². The van der Waals surface area contributed by atoms with Crippen LogP contribution in [0, 0.1) is 0 Å². The van der Waals surface area contributed by atoms with Crippen LogP contribution in [0.1, 0.15) is 65.4 Å². The molecular weight excluding hydrogens is 532 g/mol. The molecule has 6 heterocycles. The fourth-order valence-electron chi connectivity index (χ4n) is 5.39. The SMILES string of the molecule is CCc1ncc(-c2cncc(CN3CCCCC3)c2)cc1/C(=N\N)c1nc2c(-c3ccc(C(C)=O)s3)nccc2[nH]1. The molecule has 1 fully saturated rings. The van der Waals surface area contributed by atoms with Crippen molar-refractivity contribution in [2.24, 2.45) is 10.9 Å². The number of aromatic nitrogens is 5. The van der Waals surface area contributed by atoms with Gasteiger partial charge in [-0.1, -0.05) is 13.3 Å². The summed E-state index contributed by atoms with van der Waals surface area (Å²) in [6, 6.07) is 9.88. The number of fused-ring (bicyclic) bond motifs is 1. The molecule has 0 unspecified atom stereocenters. The minimum absolute atomic E-state index is 0.0281. The molecule has 3 N–H and O–H groups in total. The largest absolute Gasteiger partial charge is 0.336 e. The Morgan fingerprint density at radius 2 is 1.90 bits per heavy atom. The number of nitrogens with one attached hydrogen (secondary N) is 1. The highest BCUT2D eigenvalue weighted by Gasteiger charge is 2.20. The van der Waals surface area contributed by atoms with Crippen molar-refractivity contribution in [1.82, 2.24) is 29.8 Å². The number of hydrazone groups is 1. The smallest absolute Gasteiger partial charge is 0.169 e. The van der Waals surface area contributed by atoms with Crippen molar-refractivity contribution in [2.45, 2.75) is 46.1 Å². The van der Waals surface area contributed by atoms with Crippen LogP contribution in [-0.2, 0) is 13.0 Å². The lowest BCUT2D eigenvalue weighted by Gasteiger charge is -2.26. The van der Waals surface area contributed by atoms with E-state index < -0.39 is 0 Å². The van der Waals surface area contributed by atoms with Gasteiger partial charge in [0.05, 0.1) is 15.3 Å². The second-order valence-corrected chi connectivity index (χ2v) is 11.4. The summed E-state index contributed by atoms with van der Waals surface area (Å²) in [6.45, 7) is 6.80. The highest BCUT2D eigenvalue weighted by molar-refractivity contribution is 7.17. The standard InChI is InChI=1S/C31H32N8OS/c1-3-24-23(14-22(17-35-24)21-13-20(15-33-16-21)18-39-11-5-4-6-12-39)28(38-32)31-36-25-9-10-34-30(29(25)37-31)27-8-7-26(41-27)19(2)40/h7-10,13-17H,3-6,11-12,18,32H2,1-2H3,(H,36,37)/b38-28+. The third-order valence-corrected chi connectivity index (χ3v) is 8.68. The van der Waals surface area contributed by atoms with Crippen molar-refractivity contribution in [1.29, 1.82) is 0 Å². The Labute approximate surface area is 242 Å². The van der Waals surface area contributed by atoms with Crippen LogP contribution in [0.3, 0.4) is 0 Å². The number of H-pyrrole nitrogens is 1. The second-order valence-electron chi connectivity index (χ2n) is 10.3. The van der Waals surface area contributed by atoms with Gasteiger partial charge in [0, 0.05) is 53.7 Å². The fraction of sp³-hybridized carbons (Fsp3) is 0.290. The summed E-state index contributed by atoms with van der Waals surface area (Å²) in [6.07, 6.45) is 12.0. The number of nitrogens with zero attached hydrogens (tertiary/aromatic N) is 6. The van der Waals surface area contributed by atoms with Gasteiger partial charge in [0.2, 0.25) is 0 Å². The van der Waals surface area contributed by atoms with E-state index in [1.54, 1.807) is 13.1 Å². The van der Waals surface area contributed by atoms with E-state index in [2.05, 4.69) is 44.0 Å². The summed E-state index contributed by atoms with van der Waals surface area (Å²) in [7, 11) is 0. The van der Waals surface area contributed by atoms with E-state index in [0.29, 0.717) is 34.0 Å². The number of carbonyl (C=O) groups is 1. The number of aromatic amines is 1. The molecule has 1 saturated heterocycles. The Morgan fingerprint density at radius 1 is 1.07 bits per heavy atom. The monoisotopic (exact) mass is 564 g/mol. The molecule has 0 amide bonds. The third-order valence-electron chi connectivity index (χ3n) is 7.48. The number of piperidine rings is 1. The first kappa shape index (κ1) is 26.9. The number of pyridine rings is 3. The molecule has 41 heavy (non-hydrogen) atoms. The van der Waals surface area contributed by atoms with Crippen molar-refractivity contribution in [3.8, 4) is 21.7 Å². The zero-order chi connectivity index (χ0) is 28.3. The molecule has 0 aromatic carbocycles. The summed E-state index contributed by atoms with van der Waals surface area (Å²) in [5, 5.41) is 4.19. The number of rotatable bonds is 8. The van der Waals surface area contributed by atoms with Gasteiger partial charge in [-0.2, -0.15) is 5.10 Å². The lowest BCUT2D eigenvalue weighted by molar-refractivity contribution is 0.102. The van der Waals surface area contributed by atoms with Gasteiger partial charge in [-0.3, -0.25) is 24.6 Å². The van der Waals surface area contributed by atoms with Crippen molar-refractivity contribution >= 4 is 33.9 Å². The Morgan fingerprint density at radius 3 is 2.66 bits per heavy atom. The molecule has 0 saturated carbocycles. The molecule has 10 heteroatoms. The van der Waals surface area contributed by atoms with Crippen molar-refractivity contribution in [2.75, 3.05) is 13.1 Å². The van der Waals surface area contributed by atoms with Gasteiger partial charge >= 0.3 is 0 Å². The van der Waals surface area contributed by atoms with E-state index in [9.17, 15) is 4.79 Å². The van der Waals surface area contributed by atoms with Gasteiger partial charge in [0.25, 0.3) is 0 Å². The molecule has 0 spiro atoms. The number of likely N-dealkylation sites (tertiary alicyclic amines) is 1. The van der Waals surface area contributed by atoms with Crippen molar-refractivity contribution < 1.29 is 4.79 Å². The van der Waals surface area contributed by atoms with Gasteiger partial charge in [0.1, 0.15) is 16.9 Å². The Kier molecular flexibility index (Phi) is 7.67. The zero-order valence-electron chi connectivity index (χ0n) is 23.2. The van der Waals surface area contributed by atoms with Crippen LogP contribution in [-0.4, -0.2) is 54.4 Å². The summed E-state index contributed by atoms with van der Waals surface area (Å²) in [5.74, 6) is 6.58. The molecule has 1 aliphatic heterocycles. The molecule has 5 aromatic rings. The van der Waals surface area contributed by atoms with Crippen LogP contribution < -0.4 is 5.84 Å². The number of aryl methyl sites for hydroxylation is 1. The van der Waals surface area contributed by atoms with Crippen molar-refractivity contribution in [3.05, 3.63) is 82.6 Å². The van der Waals surface area contributed by atoms with Gasteiger partial charge in [-0.05, 0) is 75.2 Å². The Hall–Kier alpha value is -4.28. The predicted molar refractivity (Wildman–Crippen MR) is 163 cm³/mol. The first-order valence-electron chi connectivity index (χ1n) is 13.9. The number of imidazole rings is 1. The van der Waals surface area contributed by atoms with Crippen LogP contribution in [0.25, 0.3) is 32.7 Å². The average Bonchev–Trinajstić information content (AvgIpc) is 3.66. The van der Waals surface area contributed by atoms with E-state index in [4.69, 9.17) is 15.8 Å². The topological polar surface area (TPSA) is 126 Å². The number of hydrogen-bond donors (Lipinski definition) is 2. The summed E-state index contributed by atoms with van der Waals surface area (Å²) < 4.78 is 0. The predicted octanol–water partition coefficient (Wildman–Crippen LogP) is 5.61. The third kappa shape index (κ3) is 5.53. The first-order chi connectivity index (χ1) is 20.0. The van der Waals surface area contributed by atoms with Gasteiger partial charge in [-0.15, -0.1) is 11.3 Å². The lowest BCUT2D eigenvalue weighted by atomic mass is 10.00. The van der Waals surface area contributed by atoms with E-state index in [-0.39, 0.29) is 5.78 Å². The first-order valence-corrected chi connectivity index (χ1v) is 14.8. The van der Waals surface area contributed by atoms with Crippen LogP contribution in [0.4, 0.5) is 0 Å². The molecule has 0 atom stereocenters. The molecule has 0 bridgehead atoms. The van der Waals surface area contributed by atoms with Crippen LogP contribution in [0.15, 0.2) is 60.2 Å². The maximum atomic E-state index is 11.9. The molecule has 6 rings (SSSR count). The van der Waals surface area contributed by atoms with E-state index >= 15 is 0 Å². The van der Waals surface area contributed by atoms with Crippen LogP contribution in [0.5, 0.6) is 0 Å². The summed E-state index contributed by atoms with van der Waals surface area (Å²) in [5.41, 5.74) is 7.55. The Bertz CT molecular complexity index is 1750. The van der Waals surface area contributed by atoms with Gasteiger partial charge in [0.15, 0.2) is 11.6 Å². The number of Topliss-reactive ketones (excluding diaryl/α,β-unsaturated/α-hetero) is 1. The minimum Gasteiger partial charge on any atom is -0.336 e. The van der Waals surface area contributed by atoms with E-state index in [0.717, 1.165) is 52.4 Å². The molecule has 5 aromatic heterocycles. The molecular formula is C31H32N8OS. The molecule has 208 valence electrons. The number of thiophene rings is 1. The highest BCUT2D eigenvalue weighted by Crippen LogP contribution is 2.32. The zero-order valence-corrected chi connectivity index (χ0v) is 24.0. The quantitative estimate of drug-likeness (QED) is 0.109. The number of hydrogen-bond acceptors (Lipinski definition) is 9. The molecule has 1 aliphatic rings. The summed E-state index contributed by atoms with van der Waals surface area (Å²) >= 11 is 1.41. The van der Waals surface area contributed by atoms with Gasteiger partial charge < -0.3 is 10.8 Å². The lowest BCUT2D eigenvalue weighted by Crippen LogP contribution is -2.29. The number of nitrogens with two attached hydrogens (primary N) is 1. The van der Waals surface area contributed by atoms with Crippen molar-refractivity contribution in [3.63, 3.8) is 0 Å². The fourth-order valence-corrected chi connectivity index (χ4v) is 6.28. The summed E-state index contributed by atoms with van der Waals surface area (Å²) in [4.78, 5) is 38.1. The number of carbonyl (C=O) groups excluding carboxylic acids is 1. The molecule has 0 aliphatic carbocycles. The Balaban J connectivity index is 1.36. The minimum atomic E-state index is 0.0281. The van der Waals surface area contributed by atoms with Crippen LogP contribution in [0.2, 0.25) is 0 Å². The highest BCUT2D eigenvalue weighted by atomic mass is 32.1. The normalized spacial score (nSPS) is 14.5. The maximum absolute atomic E-state index is 11.9. The van der Waals surface area contributed by atoms with E-state index in [1.807, 2.05) is 36.8 Å². The maximum Gasteiger partial charge on any atom is 0.169 e. The average molecular weight is 565 g/mol. The molecule has 9 nitrogen and oxygen atoms in total. The second kappa shape index (κ2) is 11.7. The van der Waals surface area contributed by atoms with E-state index in [1.165, 1.54) is 36.2 Å². The number of ketones is 1.